The average Bonchev–Trinajstić information content (AvgIpc) is 3.12. The monoisotopic (exact) mass is 410 g/mol. The van der Waals surface area contributed by atoms with Crippen LogP contribution in [0.3, 0.4) is 0 Å². The largest absolute Gasteiger partial charge is 0.420 e. The van der Waals surface area contributed by atoms with E-state index in [2.05, 4.69) is 35.3 Å². The summed E-state index contributed by atoms with van der Waals surface area (Å²) in [7, 11) is 0. The number of nitrogens with two attached hydrogens (primary N) is 1. The second-order valence-corrected chi connectivity index (χ2v) is 7.28. The fraction of sp³-hybridized carbons (Fsp3) is 0.143. The van der Waals surface area contributed by atoms with Crippen LogP contribution in [0.15, 0.2) is 53.9 Å². The van der Waals surface area contributed by atoms with E-state index in [0.29, 0.717) is 27.2 Å². The van der Waals surface area contributed by atoms with E-state index in [9.17, 15) is 5.26 Å². The summed E-state index contributed by atoms with van der Waals surface area (Å²) in [6.45, 7) is 2.10. The Kier molecular flexibility index (Phi) is 4.76. The van der Waals surface area contributed by atoms with Gasteiger partial charge in [0, 0.05) is 5.56 Å². The number of benzene rings is 2. The smallest absolute Gasteiger partial charge is 0.244 e. The molecule has 4 rings (SSSR count). The van der Waals surface area contributed by atoms with E-state index >= 15 is 0 Å². The molecule has 1 aliphatic heterocycles. The maximum Gasteiger partial charge on any atom is 0.244 e. The quantitative estimate of drug-likeness (QED) is 0.623. The van der Waals surface area contributed by atoms with Crippen LogP contribution in [0.5, 0.6) is 5.88 Å². The molecular weight excluding hydrogens is 395 g/mol. The molecule has 0 spiro atoms. The van der Waals surface area contributed by atoms with Gasteiger partial charge in [0.1, 0.15) is 11.6 Å². The van der Waals surface area contributed by atoms with Crippen LogP contribution in [-0.4, -0.2) is 10.2 Å². The van der Waals surface area contributed by atoms with Crippen molar-refractivity contribution in [2.45, 2.75) is 19.3 Å². The lowest BCUT2D eigenvalue weighted by Crippen LogP contribution is -2.21. The third-order valence-corrected chi connectivity index (χ3v) is 5.61. The summed E-state index contributed by atoms with van der Waals surface area (Å²) < 4.78 is 5.62. The summed E-state index contributed by atoms with van der Waals surface area (Å²) in [5.41, 5.74) is 10.8. The molecule has 1 aromatic heterocycles. The van der Waals surface area contributed by atoms with Gasteiger partial charge in [-0.2, -0.15) is 5.26 Å². The van der Waals surface area contributed by atoms with Crippen molar-refractivity contribution in [1.82, 2.24) is 10.2 Å². The molecular formula is C21H16Cl2N4O. The molecule has 1 atom stereocenters. The van der Waals surface area contributed by atoms with Crippen molar-refractivity contribution in [2.75, 3.05) is 0 Å². The predicted molar refractivity (Wildman–Crippen MR) is 109 cm³/mol. The van der Waals surface area contributed by atoms with Crippen LogP contribution in [0.4, 0.5) is 0 Å². The summed E-state index contributed by atoms with van der Waals surface area (Å²) in [5, 5.41) is 17.9. The number of rotatable bonds is 3. The SMILES string of the molecule is CCc1ccc([C@H]2C(C#N)=C(N)Oc3n[nH]c(-c4ccc(Cl)c(Cl)c4)c32)cc1. The van der Waals surface area contributed by atoms with Gasteiger partial charge >= 0.3 is 0 Å². The summed E-state index contributed by atoms with van der Waals surface area (Å²) in [4.78, 5) is 0. The van der Waals surface area contributed by atoms with Gasteiger partial charge in [0.15, 0.2) is 0 Å². The lowest BCUT2D eigenvalue weighted by Gasteiger charge is -2.24. The zero-order valence-electron chi connectivity index (χ0n) is 15.0. The highest BCUT2D eigenvalue weighted by Crippen LogP contribution is 2.46. The first kappa shape index (κ1) is 18.4. The van der Waals surface area contributed by atoms with Crippen molar-refractivity contribution < 1.29 is 4.74 Å². The third kappa shape index (κ3) is 3.01. The molecule has 0 aliphatic carbocycles. The number of aromatic amines is 1. The minimum absolute atomic E-state index is 0.0618. The highest BCUT2D eigenvalue weighted by Gasteiger charge is 2.35. The second-order valence-electron chi connectivity index (χ2n) is 6.47. The maximum atomic E-state index is 9.76. The van der Waals surface area contributed by atoms with Gasteiger partial charge in [-0.15, -0.1) is 5.10 Å². The molecule has 1 aliphatic rings. The number of nitrogens with one attached hydrogen (secondary N) is 1. The first-order valence-electron chi connectivity index (χ1n) is 8.73. The molecule has 5 nitrogen and oxygen atoms in total. The molecule has 0 saturated carbocycles. The molecule has 3 N–H and O–H groups in total. The first-order chi connectivity index (χ1) is 13.5. The van der Waals surface area contributed by atoms with E-state index in [1.807, 2.05) is 18.2 Å². The molecule has 7 heteroatoms. The number of hydrogen-bond donors (Lipinski definition) is 2. The minimum atomic E-state index is -0.400. The Morgan fingerprint density at radius 1 is 1.18 bits per heavy atom. The molecule has 28 heavy (non-hydrogen) atoms. The van der Waals surface area contributed by atoms with E-state index in [-0.39, 0.29) is 5.88 Å². The van der Waals surface area contributed by atoms with Crippen LogP contribution in [-0.2, 0) is 6.42 Å². The van der Waals surface area contributed by atoms with Gasteiger partial charge in [0.25, 0.3) is 0 Å². The number of ether oxygens (including phenoxy) is 1. The van der Waals surface area contributed by atoms with Crippen LogP contribution in [0, 0.1) is 11.3 Å². The van der Waals surface area contributed by atoms with Crippen molar-refractivity contribution in [3.05, 3.63) is 80.7 Å². The summed E-state index contributed by atoms with van der Waals surface area (Å²) in [6, 6.07) is 15.6. The number of hydrogen-bond acceptors (Lipinski definition) is 4. The number of aryl methyl sites for hydroxylation is 1. The fourth-order valence-corrected chi connectivity index (χ4v) is 3.69. The topological polar surface area (TPSA) is 87.7 Å². The first-order valence-corrected chi connectivity index (χ1v) is 9.49. The van der Waals surface area contributed by atoms with Gasteiger partial charge in [0.2, 0.25) is 11.8 Å². The zero-order valence-corrected chi connectivity index (χ0v) is 16.5. The van der Waals surface area contributed by atoms with Gasteiger partial charge in [-0.05, 0) is 29.7 Å². The molecule has 0 fully saturated rings. The normalized spacial score (nSPS) is 15.7. The molecule has 2 aromatic carbocycles. The van der Waals surface area contributed by atoms with Crippen molar-refractivity contribution in [3.8, 4) is 23.2 Å². The van der Waals surface area contributed by atoms with Gasteiger partial charge < -0.3 is 10.5 Å². The highest BCUT2D eigenvalue weighted by molar-refractivity contribution is 6.42. The molecule has 0 radical (unpaired) electrons. The van der Waals surface area contributed by atoms with Gasteiger partial charge in [-0.3, -0.25) is 5.10 Å². The Hall–Kier alpha value is -2.94. The molecule has 0 unspecified atom stereocenters. The van der Waals surface area contributed by atoms with Crippen LogP contribution >= 0.6 is 23.2 Å². The zero-order chi connectivity index (χ0) is 19.8. The van der Waals surface area contributed by atoms with E-state index in [0.717, 1.165) is 23.1 Å². The lowest BCUT2D eigenvalue weighted by atomic mass is 9.82. The molecule has 0 saturated heterocycles. The van der Waals surface area contributed by atoms with Crippen molar-refractivity contribution in [3.63, 3.8) is 0 Å². The summed E-state index contributed by atoms with van der Waals surface area (Å²) in [6.07, 6.45) is 0.933. The van der Waals surface area contributed by atoms with E-state index < -0.39 is 5.92 Å². The van der Waals surface area contributed by atoms with E-state index in [1.165, 1.54) is 5.56 Å². The number of nitriles is 1. The Labute approximate surface area is 172 Å². The van der Waals surface area contributed by atoms with Crippen molar-refractivity contribution in [2.24, 2.45) is 5.73 Å². The van der Waals surface area contributed by atoms with Crippen LogP contribution in [0.1, 0.15) is 29.5 Å². The molecule has 140 valence electrons. The molecule has 0 bridgehead atoms. The van der Waals surface area contributed by atoms with Crippen molar-refractivity contribution >= 4 is 23.2 Å². The number of H-pyrrole nitrogens is 1. The van der Waals surface area contributed by atoms with E-state index in [1.54, 1.807) is 12.1 Å². The summed E-state index contributed by atoms with van der Waals surface area (Å²) >= 11 is 12.3. The second kappa shape index (κ2) is 7.23. The van der Waals surface area contributed by atoms with Crippen LogP contribution in [0.25, 0.3) is 11.3 Å². The van der Waals surface area contributed by atoms with Gasteiger partial charge in [-0.25, -0.2) is 0 Å². The highest BCUT2D eigenvalue weighted by atomic mass is 35.5. The average molecular weight is 411 g/mol. The maximum absolute atomic E-state index is 9.76. The third-order valence-electron chi connectivity index (χ3n) is 4.87. The number of allylic oxidation sites excluding steroid dienone is 1. The molecule has 3 aromatic rings. The van der Waals surface area contributed by atoms with Gasteiger partial charge in [-0.1, -0.05) is 60.5 Å². The Balaban J connectivity index is 1.92. The predicted octanol–water partition coefficient (Wildman–Crippen LogP) is 5.16. The number of nitrogens with zero attached hydrogens (tertiary/aromatic N) is 2. The lowest BCUT2D eigenvalue weighted by molar-refractivity contribution is 0.379. The number of halogens is 2. The Morgan fingerprint density at radius 3 is 2.57 bits per heavy atom. The minimum Gasteiger partial charge on any atom is -0.420 e. The fourth-order valence-electron chi connectivity index (χ4n) is 3.40. The van der Waals surface area contributed by atoms with Gasteiger partial charge in [0.05, 0.1) is 27.2 Å². The number of fused-ring (bicyclic) bond motifs is 1. The number of aromatic nitrogens is 2. The summed E-state index contributed by atoms with van der Waals surface area (Å²) in [5.74, 6) is 0.0109. The van der Waals surface area contributed by atoms with Crippen molar-refractivity contribution in [1.29, 1.82) is 5.26 Å². The Bertz CT molecular complexity index is 1130. The van der Waals surface area contributed by atoms with Crippen LogP contribution in [0.2, 0.25) is 10.0 Å². The Morgan fingerprint density at radius 2 is 1.93 bits per heavy atom. The van der Waals surface area contributed by atoms with Crippen LogP contribution < -0.4 is 10.5 Å². The van der Waals surface area contributed by atoms with E-state index in [4.69, 9.17) is 33.7 Å². The standard InChI is InChI=1S/C21H16Cl2N4O/c1-2-11-3-5-12(6-4-11)17-14(10-24)20(25)28-21-18(17)19(26-27-21)13-7-8-15(22)16(23)9-13/h3-9,17H,2,25H2,1H3,(H,26,27)/t17-/m0/s1. The molecule has 0 amide bonds. The molecule has 2 heterocycles.